The van der Waals surface area contributed by atoms with Crippen LogP contribution in [0.2, 0.25) is 0 Å². The average Bonchev–Trinajstić information content (AvgIpc) is 3.26. The summed E-state index contributed by atoms with van der Waals surface area (Å²) in [6.45, 7) is 6.54. The van der Waals surface area contributed by atoms with Gasteiger partial charge in [0.15, 0.2) is 6.61 Å². The van der Waals surface area contributed by atoms with E-state index in [-0.39, 0.29) is 18.0 Å². The van der Waals surface area contributed by atoms with Gasteiger partial charge in [0, 0.05) is 28.4 Å². The van der Waals surface area contributed by atoms with Crippen molar-refractivity contribution >= 4 is 23.0 Å². The zero-order valence-corrected chi connectivity index (χ0v) is 17.1. The van der Waals surface area contributed by atoms with Gasteiger partial charge in [-0.15, -0.1) is 11.3 Å². The number of hydrogen-bond acceptors (Lipinski definition) is 4. The van der Waals surface area contributed by atoms with E-state index in [1.165, 1.54) is 4.88 Å². The van der Waals surface area contributed by atoms with Crippen LogP contribution >= 0.6 is 11.3 Å². The zero-order chi connectivity index (χ0) is 20.3. The first-order chi connectivity index (χ1) is 13.4. The second-order valence-corrected chi connectivity index (χ2v) is 7.87. The van der Waals surface area contributed by atoms with Gasteiger partial charge in [-0.1, -0.05) is 12.1 Å². The maximum Gasteiger partial charge on any atom is 0.252 e. The Morgan fingerprint density at radius 2 is 1.89 bits per heavy atom. The van der Waals surface area contributed by atoms with Gasteiger partial charge in [0.25, 0.3) is 5.91 Å². The Kier molecular flexibility index (Phi) is 5.99. The van der Waals surface area contributed by atoms with Crippen LogP contribution in [0.3, 0.4) is 0 Å². The van der Waals surface area contributed by atoms with Crippen molar-refractivity contribution in [2.24, 2.45) is 5.73 Å². The van der Waals surface area contributed by atoms with Gasteiger partial charge < -0.3 is 15.0 Å². The van der Waals surface area contributed by atoms with Crippen LogP contribution in [0.15, 0.2) is 41.8 Å². The molecule has 0 unspecified atom stereocenters. The molecular weight excluding hydrogens is 372 g/mol. The van der Waals surface area contributed by atoms with E-state index < -0.39 is 5.91 Å². The van der Waals surface area contributed by atoms with Crippen molar-refractivity contribution in [1.82, 2.24) is 4.57 Å². The topological polar surface area (TPSA) is 74.3 Å². The summed E-state index contributed by atoms with van der Waals surface area (Å²) in [4.78, 5) is 25.6. The molecule has 0 fully saturated rings. The second kappa shape index (κ2) is 8.44. The molecule has 2 aromatic heterocycles. The molecule has 0 saturated heterocycles. The normalized spacial score (nSPS) is 10.8. The predicted molar refractivity (Wildman–Crippen MR) is 111 cm³/mol. The molecule has 0 saturated carbocycles. The van der Waals surface area contributed by atoms with Crippen molar-refractivity contribution in [1.29, 1.82) is 0 Å². The lowest BCUT2D eigenvalue weighted by Crippen LogP contribution is -2.17. The third-order valence-corrected chi connectivity index (χ3v) is 5.73. The Bertz CT molecular complexity index is 1000. The Hall–Kier alpha value is -2.86. The van der Waals surface area contributed by atoms with E-state index >= 15 is 0 Å². The van der Waals surface area contributed by atoms with Crippen molar-refractivity contribution in [3.8, 4) is 5.75 Å². The van der Waals surface area contributed by atoms with E-state index in [1.54, 1.807) is 29.5 Å². The van der Waals surface area contributed by atoms with Crippen LogP contribution in [-0.4, -0.2) is 22.9 Å². The SMILES string of the molecule is Cc1ccc(C(N)=O)c(OCC(=O)c2cc(C)n(CCc3cccs3)c2C)c1. The van der Waals surface area contributed by atoms with E-state index in [0.717, 1.165) is 29.9 Å². The molecule has 2 heterocycles. The van der Waals surface area contributed by atoms with Crippen LogP contribution in [0.5, 0.6) is 5.75 Å². The number of benzene rings is 1. The number of carbonyl (C=O) groups is 2. The van der Waals surface area contributed by atoms with Crippen molar-refractivity contribution in [2.45, 2.75) is 33.7 Å². The number of thiophene rings is 1. The molecule has 6 heteroatoms. The largest absolute Gasteiger partial charge is 0.485 e. The number of carbonyl (C=O) groups excluding carboxylic acids is 2. The number of aryl methyl sites for hydroxylation is 3. The van der Waals surface area contributed by atoms with Crippen LogP contribution < -0.4 is 10.5 Å². The molecule has 0 aliphatic heterocycles. The van der Waals surface area contributed by atoms with Crippen LogP contribution in [0.25, 0.3) is 0 Å². The number of rotatable bonds is 8. The lowest BCUT2D eigenvalue weighted by molar-refractivity contribution is 0.0911. The smallest absolute Gasteiger partial charge is 0.252 e. The van der Waals surface area contributed by atoms with Crippen LogP contribution in [0.1, 0.15) is 42.5 Å². The minimum absolute atomic E-state index is 0.118. The summed E-state index contributed by atoms with van der Waals surface area (Å²) in [6, 6.07) is 11.2. The van der Waals surface area contributed by atoms with E-state index in [4.69, 9.17) is 10.5 Å². The molecule has 3 aromatic rings. The number of Topliss-reactive ketones (excluding diaryl/α,β-unsaturated/α-hetero) is 1. The van der Waals surface area contributed by atoms with Gasteiger partial charge in [-0.2, -0.15) is 0 Å². The van der Waals surface area contributed by atoms with Crippen molar-refractivity contribution in [3.05, 3.63) is 74.7 Å². The Morgan fingerprint density at radius 3 is 2.57 bits per heavy atom. The molecule has 0 radical (unpaired) electrons. The number of nitrogens with two attached hydrogens (primary N) is 1. The summed E-state index contributed by atoms with van der Waals surface area (Å²) >= 11 is 1.74. The Labute approximate surface area is 168 Å². The molecule has 0 aliphatic rings. The van der Waals surface area contributed by atoms with Gasteiger partial charge in [0.1, 0.15) is 5.75 Å². The first kappa shape index (κ1) is 19.9. The van der Waals surface area contributed by atoms with E-state index in [0.29, 0.717) is 11.3 Å². The fourth-order valence-electron chi connectivity index (χ4n) is 3.28. The first-order valence-corrected chi connectivity index (χ1v) is 10.0. The summed E-state index contributed by atoms with van der Waals surface area (Å²) in [5, 5.41) is 2.07. The highest BCUT2D eigenvalue weighted by molar-refractivity contribution is 7.09. The summed E-state index contributed by atoms with van der Waals surface area (Å²) in [6.07, 6.45) is 0.934. The summed E-state index contributed by atoms with van der Waals surface area (Å²) in [5.41, 5.74) is 9.23. The standard InChI is InChI=1S/C22H24N2O3S/c1-14-6-7-18(22(23)26)21(11-14)27-13-20(25)19-12-15(2)24(16(19)3)9-8-17-5-4-10-28-17/h4-7,10-12H,8-9,13H2,1-3H3,(H2,23,26). The third-order valence-electron chi connectivity index (χ3n) is 4.80. The highest BCUT2D eigenvalue weighted by Gasteiger charge is 2.18. The second-order valence-electron chi connectivity index (χ2n) is 6.84. The quantitative estimate of drug-likeness (QED) is 0.583. The van der Waals surface area contributed by atoms with E-state index in [9.17, 15) is 9.59 Å². The number of ketones is 1. The van der Waals surface area contributed by atoms with Gasteiger partial charge in [-0.25, -0.2) is 0 Å². The van der Waals surface area contributed by atoms with Crippen molar-refractivity contribution in [3.63, 3.8) is 0 Å². The van der Waals surface area contributed by atoms with Crippen LogP contribution in [-0.2, 0) is 13.0 Å². The average molecular weight is 397 g/mol. The van der Waals surface area contributed by atoms with Gasteiger partial charge in [0.2, 0.25) is 5.78 Å². The molecule has 5 nitrogen and oxygen atoms in total. The molecular formula is C22H24N2O3S. The van der Waals surface area contributed by atoms with Gasteiger partial charge in [-0.3, -0.25) is 9.59 Å². The number of primary amides is 1. The molecule has 28 heavy (non-hydrogen) atoms. The fraction of sp³-hybridized carbons (Fsp3) is 0.273. The first-order valence-electron chi connectivity index (χ1n) is 9.12. The molecule has 1 amide bonds. The minimum atomic E-state index is -0.575. The molecule has 1 aromatic carbocycles. The van der Waals surface area contributed by atoms with Crippen molar-refractivity contribution < 1.29 is 14.3 Å². The molecule has 0 atom stereocenters. The molecule has 0 spiro atoms. The summed E-state index contributed by atoms with van der Waals surface area (Å²) in [5.74, 6) is -0.353. The number of aromatic nitrogens is 1. The summed E-state index contributed by atoms with van der Waals surface area (Å²) < 4.78 is 7.82. The summed E-state index contributed by atoms with van der Waals surface area (Å²) in [7, 11) is 0. The third kappa shape index (κ3) is 4.34. The highest BCUT2D eigenvalue weighted by atomic mass is 32.1. The minimum Gasteiger partial charge on any atom is -0.485 e. The molecule has 2 N–H and O–H groups in total. The van der Waals surface area contributed by atoms with E-state index in [2.05, 4.69) is 16.0 Å². The maximum atomic E-state index is 12.8. The molecule has 146 valence electrons. The zero-order valence-electron chi connectivity index (χ0n) is 16.3. The van der Waals surface area contributed by atoms with Gasteiger partial charge in [0.05, 0.1) is 5.56 Å². The number of nitrogens with zero attached hydrogens (tertiary/aromatic N) is 1. The number of hydrogen-bond donors (Lipinski definition) is 1. The predicted octanol–water partition coefficient (Wildman–Crippen LogP) is 4.08. The Balaban J connectivity index is 1.72. The van der Waals surface area contributed by atoms with Gasteiger partial charge >= 0.3 is 0 Å². The number of amides is 1. The molecule has 3 rings (SSSR count). The fourth-order valence-corrected chi connectivity index (χ4v) is 3.98. The van der Waals surface area contributed by atoms with Crippen LogP contribution in [0, 0.1) is 20.8 Å². The maximum absolute atomic E-state index is 12.8. The van der Waals surface area contributed by atoms with E-state index in [1.807, 2.05) is 32.9 Å². The molecule has 0 aliphatic carbocycles. The highest BCUT2D eigenvalue weighted by Crippen LogP contribution is 2.22. The molecule has 0 bridgehead atoms. The lowest BCUT2D eigenvalue weighted by atomic mass is 10.1. The van der Waals surface area contributed by atoms with Crippen LogP contribution in [0.4, 0.5) is 0 Å². The lowest BCUT2D eigenvalue weighted by Gasteiger charge is -2.11. The number of ether oxygens (including phenoxy) is 1. The van der Waals surface area contributed by atoms with Crippen molar-refractivity contribution in [2.75, 3.05) is 6.61 Å². The Morgan fingerprint density at radius 1 is 1.11 bits per heavy atom. The monoisotopic (exact) mass is 396 g/mol. The van der Waals surface area contributed by atoms with Gasteiger partial charge in [-0.05, 0) is 62.4 Å².